The summed E-state index contributed by atoms with van der Waals surface area (Å²) in [5.74, 6) is 0.331. The van der Waals surface area contributed by atoms with Crippen LogP contribution in [0.25, 0.3) is 0 Å². The zero-order chi connectivity index (χ0) is 8.10. The van der Waals surface area contributed by atoms with Gasteiger partial charge in [0.05, 0.1) is 0 Å². The van der Waals surface area contributed by atoms with Crippen LogP contribution >= 0.6 is 0 Å². The van der Waals surface area contributed by atoms with Crippen molar-refractivity contribution in [2.45, 2.75) is 5.32 Å². The predicted molar refractivity (Wildman–Crippen MR) is 47.4 cm³/mol. The van der Waals surface area contributed by atoms with E-state index in [1.54, 1.807) is 12.1 Å². The molecule has 0 unspecified atom stereocenters. The molecule has 0 amide bonds. The molecule has 1 rings (SSSR count). The summed E-state index contributed by atoms with van der Waals surface area (Å²) >= 11 is 0.475. The topological polar surface area (TPSA) is 46.2 Å². The van der Waals surface area contributed by atoms with Crippen LogP contribution in [-0.4, -0.2) is 26.6 Å². The van der Waals surface area contributed by atoms with E-state index in [-0.39, 0.29) is 0 Å². The van der Waals surface area contributed by atoms with E-state index < -0.39 is 0 Å². The van der Waals surface area contributed by atoms with Crippen molar-refractivity contribution in [3.05, 3.63) is 24.3 Å². The Morgan fingerprint density at radius 1 is 1.27 bits per heavy atom. The SMILES string of the molecule is NCC[Se]c1ccc(O)cc1. The van der Waals surface area contributed by atoms with Crippen molar-refractivity contribution >= 4 is 19.4 Å². The Hall–Kier alpha value is -0.501. The standard InChI is InChI=1S/C8H11NOSe/c9-5-6-11-8-3-1-7(10)2-4-8/h1-4,10H,5-6,9H2. The summed E-state index contributed by atoms with van der Waals surface area (Å²) in [5.41, 5.74) is 5.37. The van der Waals surface area contributed by atoms with Crippen LogP contribution in [0.1, 0.15) is 0 Å². The van der Waals surface area contributed by atoms with Crippen LogP contribution in [0, 0.1) is 0 Å². The van der Waals surface area contributed by atoms with E-state index in [2.05, 4.69) is 0 Å². The maximum atomic E-state index is 8.96. The second-order valence-corrected chi connectivity index (χ2v) is 4.58. The number of phenolic OH excluding ortho intramolecular Hbond substituents is 1. The first-order chi connectivity index (χ1) is 5.33. The molecule has 0 aliphatic rings. The third-order valence-corrected chi connectivity index (χ3v) is 3.42. The predicted octanol–water partition coefficient (Wildman–Crippen LogP) is 0.0987. The van der Waals surface area contributed by atoms with Gasteiger partial charge in [0, 0.05) is 0 Å². The molecular weight excluding hydrogens is 205 g/mol. The number of benzene rings is 1. The van der Waals surface area contributed by atoms with Crippen molar-refractivity contribution in [2.24, 2.45) is 5.73 Å². The summed E-state index contributed by atoms with van der Waals surface area (Å²) in [6.45, 7) is 0.751. The number of hydrogen-bond acceptors (Lipinski definition) is 2. The molecule has 0 saturated heterocycles. The van der Waals surface area contributed by atoms with E-state index in [4.69, 9.17) is 10.8 Å². The second kappa shape index (κ2) is 4.39. The van der Waals surface area contributed by atoms with E-state index in [1.807, 2.05) is 12.1 Å². The Morgan fingerprint density at radius 3 is 2.45 bits per heavy atom. The molecule has 0 bridgehead atoms. The maximum absolute atomic E-state index is 8.96. The first-order valence-corrected chi connectivity index (χ1v) is 5.51. The number of rotatable bonds is 3. The monoisotopic (exact) mass is 217 g/mol. The Labute approximate surface area is 72.6 Å². The van der Waals surface area contributed by atoms with E-state index in [0.29, 0.717) is 20.7 Å². The fraction of sp³-hybridized carbons (Fsp3) is 0.250. The summed E-state index contributed by atoms with van der Waals surface area (Å²) in [4.78, 5) is 0. The van der Waals surface area contributed by atoms with Gasteiger partial charge in [0.15, 0.2) is 0 Å². The average molecular weight is 216 g/mol. The van der Waals surface area contributed by atoms with Crippen molar-refractivity contribution in [3.63, 3.8) is 0 Å². The molecule has 3 N–H and O–H groups in total. The van der Waals surface area contributed by atoms with Gasteiger partial charge in [0.2, 0.25) is 0 Å². The van der Waals surface area contributed by atoms with Gasteiger partial charge >= 0.3 is 72.1 Å². The van der Waals surface area contributed by atoms with Gasteiger partial charge in [-0.2, -0.15) is 0 Å². The molecular formula is C8H11NOSe. The van der Waals surface area contributed by atoms with Gasteiger partial charge < -0.3 is 0 Å². The van der Waals surface area contributed by atoms with Gasteiger partial charge in [-0.25, -0.2) is 0 Å². The molecule has 60 valence electrons. The first kappa shape index (κ1) is 8.59. The van der Waals surface area contributed by atoms with Gasteiger partial charge in [-0.15, -0.1) is 0 Å². The molecule has 0 aliphatic heterocycles. The molecule has 0 aliphatic carbocycles. The summed E-state index contributed by atoms with van der Waals surface area (Å²) in [5, 5.41) is 10.0. The molecule has 0 saturated carbocycles. The molecule has 11 heavy (non-hydrogen) atoms. The second-order valence-electron chi connectivity index (χ2n) is 2.13. The van der Waals surface area contributed by atoms with E-state index in [1.165, 1.54) is 4.46 Å². The molecule has 0 aromatic heterocycles. The molecule has 0 heterocycles. The van der Waals surface area contributed by atoms with Gasteiger partial charge in [-0.1, -0.05) is 0 Å². The molecule has 2 nitrogen and oxygen atoms in total. The Bertz CT molecular complexity index is 210. The van der Waals surface area contributed by atoms with Crippen LogP contribution in [0.2, 0.25) is 5.32 Å². The minimum absolute atomic E-state index is 0.331. The molecule has 1 aromatic carbocycles. The van der Waals surface area contributed by atoms with Crippen LogP contribution in [0.15, 0.2) is 24.3 Å². The fourth-order valence-electron chi connectivity index (χ4n) is 0.719. The van der Waals surface area contributed by atoms with Crippen LogP contribution in [0.4, 0.5) is 0 Å². The first-order valence-electron chi connectivity index (χ1n) is 3.45. The van der Waals surface area contributed by atoms with E-state index in [9.17, 15) is 0 Å². The van der Waals surface area contributed by atoms with Gasteiger partial charge in [-0.05, 0) is 0 Å². The Kier molecular flexibility index (Phi) is 3.43. The third-order valence-electron chi connectivity index (χ3n) is 1.22. The van der Waals surface area contributed by atoms with Crippen LogP contribution in [-0.2, 0) is 0 Å². The quantitative estimate of drug-likeness (QED) is 0.704. The molecule has 0 spiro atoms. The van der Waals surface area contributed by atoms with Gasteiger partial charge in [0.25, 0.3) is 0 Å². The van der Waals surface area contributed by atoms with Gasteiger partial charge in [0.1, 0.15) is 0 Å². The Morgan fingerprint density at radius 2 is 1.91 bits per heavy atom. The summed E-state index contributed by atoms with van der Waals surface area (Å²) in [7, 11) is 0. The number of hydrogen-bond donors (Lipinski definition) is 2. The molecule has 0 radical (unpaired) electrons. The van der Waals surface area contributed by atoms with E-state index in [0.717, 1.165) is 11.9 Å². The van der Waals surface area contributed by atoms with Gasteiger partial charge in [-0.3, -0.25) is 0 Å². The van der Waals surface area contributed by atoms with Crippen molar-refractivity contribution < 1.29 is 5.11 Å². The normalized spacial score (nSPS) is 9.91. The van der Waals surface area contributed by atoms with Crippen LogP contribution in [0.3, 0.4) is 0 Å². The molecule has 0 fully saturated rings. The zero-order valence-electron chi connectivity index (χ0n) is 6.16. The third kappa shape index (κ3) is 2.93. The van der Waals surface area contributed by atoms with Crippen molar-refractivity contribution in [1.82, 2.24) is 0 Å². The van der Waals surface area contributed by atoms with E-state index >= 15 is 0 Å². The minimum atomic E-state index is 0.331. The number of phenols is 1. The summed E-state index contributed by atoms with van der Waals surface area (Å²) < 4.78 is 1.29. The summed E-state index contributed by atoms with van der Waals surface area (Å²) in [6.07, 6.45) is 0. The number of nitrogens with two attached hydrogens (primary N) is 1. The average Bonchev–Trinajstić information content (AvgIpc) is 2.04. The zero-order valence-corrected chi connectivity index (χ0v) is 7.87. The summed E-state index contributed by atoms with van der Waals surface area (Å²) in [6, 6.07) is 7.33. The fourth-order valence-corrected chi connectivity index (χ4v) is 2.15. The molecule has 3 heteroatoms. The Balaban J connectivity index is 2.52. The van der Waals surface area contributed by atoms with Crippen molar-refractivity contribution in [2.75, 3.05) is 6.54 Å². The number of aromatic hydroxyl groups is 1. The van der Waals surface area contributed by atoms with Crippen molar-refractivity contribution in [1.29, 1.82) is 0 Å². The van der Waals surface area contributed by atoms with Crippen LogP contribution in [0.5, 0.6) is 5.75 Å². The van der Waals surface area contributed by atoms with Crippen LogP contribution < -0.4 is 10.2 Å². The molecule has 0 atom stereocenters. The van der Waals surface area contributed by atoms with Crippen molar-refractivity contribution in [3.8, 4) is 5.75 Å². The molecule has 1 aromatic rings.